The second kappa shape index (κ2) is 7.25. The van der Waals surface area contributed by atoms with E-state index in [0.717, 1.165) is 35.3 Å². The van der Waals surface area contributed by atoms with E-state index in [9.17, 15) is 0 Å². The lowest BCUT2D eigenvalue weighted by molar-refractivity contribution is 0.308. The minimum Gasteiger partial charge on any atom is -0.493 e. The van der Waals surface area contributed by atoms with Gasteiger partial charge in [0, 0.05) is 11.5 Å². The highest BCUT2D eigenvalue weighted by Gasteiger charge is 2.08. The normalized spacial score (nSPS) is 11.3. The molecule has 0 aliphatic carbocycles. The first-order valence-corrected chi connectivity index (χ1v) is 8.24. The van der Waals surface area contributed by atoms with Crippen molar-refractivity contribution in [1.82, 2.24) is 14.6 Å². The minimum atomic E-state index is 0.764. The molecule has 0 radical (unpaired) electrons. The lowest BCUT2D eigenvalue weighted by Crippen LogP contribution is -1.99. The highest BCUT2D eigenvalue weighted by molar-refractivity contribution is 5.88. The fourth-order valence-corrected chi connectivity index (χ4v) is 2.80. The molecular weight excluding hydrogens is 274 g/mol. The smallest absolute Gasteiger partial charge is 0.164 e. The van der Waals surface area contributed by atoms with Crippen LogP contribution in [-0.2, 0) is 0 Å². The van der Waals surface area contributed by atoms with Gasteiger partial charge in [0.1, 0.15) is 12.1 Å². The zero-order chi connectivity index (χ0) is 15.2. The topological polar surface area (TPSA) is 39.4 Å². The maximum Gasteiger partial charge on any atom is 0.164 e. The zero-order valence-electron chi connectivity index (χ0n) is 13.2. The Morgan fingerprint density at radius 2 is 1.86 bits per heavy atom. The van der Waals surface area contributed by atoms with Gasteiger partial charge in [-0.15, -0.1) is 10.2 Å². The molecule has 0 aliphatic rings. The van der Waals surface area contributed by atoms with E-state index in [1.165, 1.54) is 32.1 Å². The summed E-state index contributed by atoms with van der Waals surface area (Å²) in [4.78, 5) is 0. The molecule has 1 aromatic carbocycles. The molecule has 0 N–H and O–H groups in total. The molecule has 0 unspecified atom stereocenters. The number of nitrogens with zero attached hydrogens (tertiary/aromatic N) is 3. The van der Waals surface area contributed by atoms with Crippen molar-refractivity contribution < 1.29 is 4.74 Å². The van der Waals surface area contributed by atoms with Gasteiger partial charge >= 0.3 is 0 Å². The predicted octanol–water partition coefficient (Wildman–Crippen LogP) is 4.62. The molecule has 4 nitrogen and oxygen atoms in total. The summed E-state index contributed by atoms with van der Waals surface area (Å²) in [5, 5.41) is 9.24. The third-order valence-corrected chi connectivity index (χ3v) is 4.02. The molecule has 0 saturated heterocycles. The molecule has 2 heterocycles. The molecule has 22 heavy (non-hydrogen) atoms. The van der Waals surface area contributed by atoms with Crippen LogP contribution in [0.3, 0.4) is 0 Å². The second-order valence-corrected chi connectivity index (χ2v) is 5.70. The number of para-hydroxylation sites is 1. The van der Waals surface area contributed by atoms with E-state index in [0.29, 0.717) is 0 Å². The van der Waals surface area contributed by atoms with E-state index in [1.807, 2.05) is 22.6 Å². The van der Waals surface area contributed by atoms with Gasteiger partial charge in [-0.3, -0.25) is 4.40 Å². The Morgan fingerprint density at radius 1 is 1.05 bits per heavy atom. The molecular formula is C18H23N3O. The van der Waals surface area contributed by atoms with Crippen LogP contribution in [0.2, 0.25) is 0 Å². The van der Waals surface area contributed by atoms with Crippen LogP contribution in [0.25, 0.3) is 16.6 Å². The fraction of sp³-hybridized carbons (Fsp3) is 0.444. The minimum absolute atomic E-state index is 0.764. The highest BCUT2D eigenvalue weighted by Crippen LogP contribution is 2.27. The Morgan fingerprint density at radius 3 is 2.77 bits per heavy atom. The van der Waals surface area contributed by atoms with Crippen LogP contribution in [0.1, 0.15) is 45.4 Å². The quantitative estimate of drug-likeness (QED) is 0.569. The van der Waals surface area contributed by atoms with E-state index in [-0.39, 0.29) is 0 Å². The van der Waals surface area contributed by atoms with Gasteiger partial charge in [-0.05, 0) is 18.6 Å². The largest absolute Gasteiger partial charge is 0.493 e. The first kappa shape index (κ1) is 14.8. The molecule has 4 heteroatoms. The Balaban J connectivity index is 1.67. The van der Waals surface area contributed by atoms with Crippen LogP contribution >= 0.6 is 0 Å². The van der Waals surface area contributed by atoms with E-state index in [2.05, 4.69) is 29.3 Å². The van der Waals surface area contributed by atoms with Crippen molar-refractivity contribution in [3.63, 3.8) is 0 Å². The van der Waals surface area contributed by atoms with E-state index < -0.39 is 0 Å². The van der Waals surface area contributed by atoms with E-state index >= 15 is 0 Å². The summed E-state index contributed by atoms with van der Waals surface area (Å²) in [6.07, 6.45) is 9.37. The van der Waals surface area contributed by atoms with Crippen molar-refractivity contribution in [2.75, 3.05) is 6.61 Å². The number of benzene rings is 1. The molecule has 0 fully saturated rings. The van der Waals surface area contributed by atoms with Gasteiger partial charge in [0.05, 0.1) is 12.1 Å². The average Bonchev–Trinajstić information content (AvgIpc) is 3.02. The first-order chi connectivity index (χ1) is 10.9. The maximum absolute atomic E-state index is 6.02. The van der Waals surface area contributed by atoms with Crippen molar-refractivity contribution in [2.24, 2.45) is 0 Å². The van der Waals surface area contributed by atoms with Crippen LogP contribution in [0.4, 0.5) is 0 Å². The zero-order valence-corrected chi connectivity index (χ0v) is 13.2. The van der Waals surface area contributed by atoms with Crippen LogP contribution < -0.4 is 4.74 Å². The molecule has 3 aromatic rings. The average molecular weight is 297 g/mol. The van der Waals surface area contributed by atoms with Crippen molar-refractivity contribution in [3.05, 3.63) is 36.7 Å². The standard InChI is InChI=1S/C18H23N3O/c1-2-3-4-5-6-9-12-22-17-13-18-20-19-14-21(18)16-11-8-7-10-15(16)17/h7-8,10-11,13-14H,2-6,9,12H2,1H3. The fourth-order valence-electron chi connectivity index (χ4n) is 2.80. The molecule has 0 saturated carbocycles. The predicted molar refractivity (Wildman–Crippen MR) is 89.4 cm³/mol. The van der Waals surface area contributed by atoms with Crippen molar-refractivity contribution in [1.29, 1.82) is 0 Å². The van der Waals surface area contributed by atoms with Crippen molar-refractivity contribution >= 4 is 16.6 Å². The Labute approximate surface area is 131 Å². The maximum atomic E-state index is 6.02. The summed E-state index contributed by atoms with van der Waals surface area (Å²) in [6.45, 7) is 3.01. The Hall–Kier alpha value is -2.10. The highest BCUT2D eigenvalue weighted by atomic mass is 16.5. The number of aromatic nitrogens is 3. The summed E-state index contributed by atoms with van der Waals surface area (Å²) in [5.74, 6) is 0.907. The number of hydrogen-bond acceptors (Lipinski definition) is 3. The van der Waals surface area contributed by atoms with Gasteiger partial charge in [0.2, 0.25) is 0 Å². The molecule has 2 aromatic heterocycles. The second-order valence-electron chi connectivity index (χ2n) is 5.70. The van der Waals surface area contributed by atoms with Gasteiger partial charge in [-0.1, -0.05) is 51.2 Å². The lowest BCUT2D eigenvalue weighted by atomic mass is 10.1. The number of unbranched alkanes of at least 4 members (excludes halogenated alkanes) is 5. The Bertz CT molecular complexity index is 735. The van der Waals surface area contributed by atoms with E-state index in [4.69, 9.17) is 4.74 Å². The lowest BCUT2D eigenvalue weighted by Gasteiger charge is -2.10. The first-order valence-electron chi connectivity index (χ1n) is 8.24. The third-order valence-electron chi connectivity index (χ3n) is 4.02. The van der Waals surface area contributed by atoms with Crippen LogP contribution in [0, 0.1) is 0 Å². The van der Waals surface area contributed by atoms with Gasteiger partial charge in [-0.2, -0.15) is 0 Å². The summed E-state index contributed by atoms with van der Waals surface area (Å²) < 4.78 is 8.02. The van der Waals surface area contributed by atoms with Crippen LogP contribution in [0.5, 0.6) is 5.75 Å². The summed E-state index contributed by atoms with van der Waals surface area (Å²) in [5.41, 5.74) is 1.92. The summed E-state index contributed by atoms with van der Waals surface area (Å²) in [7, 11) is 0. The number of fused-ring (bicyclic) bond motifs is 3. The van der Waals surface area contributed by atoms with Gasteiger partial charge in [0.25, 0.3) is 0 Å². The van der Waals surface area contributed by atoms with Gasteiger partial charge in [-0.25, -0.2) is 0 Å². The summed E-state index contributed by atoms with van der Waals surface area (Å²) >= 11 is 0. The molecule has 0 bridgehead atoms. The van der Waals surface area contributed by atoms with Crippen molar-refractivity contribution in [2.45, 2.75) is 45.4 Å². The van der Waals surface area contributed by atoms with Crippen molar-refractivity contribution in [3.8, 4) is 5.75 Å². The monoisotopic (exact) mass is 297 g/mol. The number of hydrogen-bond donors (Lipinski definition) is 0. The third kappa shape index (κ3) is 3.21. The Kier molecular flexibility index (Phi) is 4.88. The van der Waals surface area contributed by atoms with E-state index in [1.54, 1.807) is 6.33 Å². The van der Waals surface area contributed by atoms with Crippen LogP contribution in [0.15, 0.2) is 36.7 Å². The molecule has 0 atom stereocenters. The van der Waals surface area contributed by atoms with Gasteiger partial charge < -0.3 is 4.74 Å². The molecule has 3 rings (SSSR count). The number of rotatable bonds is 8. The number of pyridine rings is 1. The SMILES string of the molecule is CCCCCCCCOc1cc2nncn2c2ccccc12. The molecule has 116 valence electrons. The molecule has 0 amide bonds. The summed E-state index contributed by atoms with van der Waals surface area (Å²) in [6, 6.07) is 10.2. The molecule has 0 spiro atoms. The number of ether oxygens (including phenoxy) is 1. The van der Waals surface area contributed by atoms with Crippen LogP contribution in [-0.4, -0.2) is 21.2 Å². The van der Waals surface area contributed by atoms with Gasteiger partial charge in [0.15, 0.2) is 5.65 Å². The molecule has 0 aliphatic heterocycles.